The van der Waals surface area contributed by atoms with Crippen LogP contribution in [0.25, 0.3) is 0 Å². The van der Waals surface area contributed by atoms with E-state index in [0.29, 0.717) is 0 Å². The smallest absolute Gasteiger partial charge is 0.857 e. The summed E-state index contributed by atoms with van der Waals surface area (Å²) in [5.41, 5.74) is -0.750. The second kappa shape index (κ2) is 12.6. The van der Waals surface area contributed by atoms with Gasteiger partial charge in [0.05, 0.1) is 0 Å². The maximum Gasteiger partial charge on any atom is 1.00 e. The Hall–Kier alpha value is 1.92. The van der Waals surface area contributed by atoms with Crippen molar-refractivity contribution in [2.24, 2.45) is 0 Å². The third-order valence-electron chi connectivity index (χ3n) is 0. The van der Waals surface area contributed by atoms with Crippen LogP contribution in [0.1, 0.15) is 20.8 Å². The van der Waals surface area contributed by atoms with Crippen molar-refractivity contribution in [2.45, 2.75) is 26.4 Å². The molecule has 0 aliphatic rings. The molecule has 0 saturated heterocycles. The van der Waals surface area contributed by atoms with Crippen molar-refractivity contribution in [1.29, 1.82) is 0 Å². The van der Waals surface area contributed by atoms with E-state index in [1.54, 1.807) is 20.8 Å². The van der Waals surface area contributed by atoms with Gasteiger partial charge < -0.3 is 10.2 Å². The van der Waals surface area contributed by atoms with E-state index in [9.17, 15) is 5.11 Å². The first-order valence-corrected chi connectivity index (χ1v) is 2.11. The van der Waals surface area contributed by atoms with Crippen LogP contribution in [0.3, 0.4) is 0 Å². The standard InChI is InChI=1S/C4H9O.CH3O.2Na/c1-4(2,3)5;1-2;;/h1-3H3;1H3;;/q2*-1;2*+1. The minimum atomic E-state index is -0.750. The molecular formula is C5H12Na2O2. The maximum absolute atomic E-state index is 10.1. The SMILES string of the molecule is CC(C)(C)[O-].C[O-].[Na+].[Na+]. The Morgan fingerprint density at radius 2 is 0.889 bits per heavy atom. The maximum atomic E-state index is 10.1. The average Bonchev–Trinajstić information content (AvgIpc) is 1.36. The minimum absolute atomic E-state index is 0. The van der Waals surface area contributed by atoms with Gasteiger partial charge in [-0.1, -0.05) is 20.8 Å². The monoisotopic (exact) mass is 150 g/mol. The molecule has 0 saturated carbocycles. The molecule has 0 bridgehead atoms. The molecule has 9 heavy (non-hydrogen) atoms. The molecular weight excluding hydrogens is 138 g/mol. The third kappa shape index (κ3) is 169. The van der Waals surface area contributed by atoms with Crippen LogP contribution in [0.2, 0.25) is 0 Å². The molecule has 0 aromatic carbocycles. The Bertz CT molecular complexity index is 28.4. The second-order valence-corrected chi connectivity index (χ2v) is 2.11. The van der Waals surface area contributed by atoms with E-state index < -0.39 is 5.60 Å². The summed E-state index contributed by atoms with van der Waals surface area (Å²) in [6.07, 6.45) is 0. The Kier molecular flexibility index (Phi) is 31.4. The number of hydrogen-bond donors (Lipinski definition) is 0. The van der Waals surface area contributed by atoms with Crippen LogP contribution in [0, 0.1) is 0 Å². The van der Waals surface area contributed by atoms with Crippen LogP contribution in [0.4, 0.5) is 0 Å². The molecule has 0 rings (SSSR count). The summed E-state index contributed by atoms with van der Waals surface area (Å²) in [6, 6.07) is 0. The van der Waals surface area contributed by atoms with E-state index in [1.807, 2.05) is 0 Å². The topological polar surface area (TPSA) is 46.1 Å². The first-order chi connectivity index (χ1) is 3.00. The number of rotatable bonds is 0. The largest absolute Gasteiger partial charge is 1.00 e. The Morgan fingerprint density at radius 3 is 0.889 bits per heavy atom. The van der Waals surface area contributed by atoms with Gasteiger partial charge in [-0.3, -0.25) is 0 Å². The van der Waals surface area contributed by atoms with Gasteiger partial charge in [-0.15, -0.1) is 5.60 Å². The summed E-state index contributed by atoms with van der Waals surface area (Å²) in [5.74, 6) is 0. The molecule has 0 aliphatic heterocycles. The predicted molar refractivity (Wildman–Crippen MR) is 25.7 cm³/mol. The van der Waals surface area contributed by atoms with Crippen molar-refractivity contribution in [3.8, 4) is 0 Å². The summed E-state index contributed by atoms with van der Waals surface area (Å²) >= 11 is 0. The zero-order valence-corrected chi connectivity index (χ0v) is 11.3. The van der Waals surface area contributed by atoms with E-state index in [0.717, 1.165) is 7.11 Å². The predicted octanol–water partition coefficient (Wildman–Crippen LogP) is -6.87. The van der Waals surface area contributed by atoms with Gasteiger partial charge in [0.2, 0.25) is 0 Å². The van der Waals surface area contributed by atoms with Crippen molar-refractivity contribution >= 4 is 0 Å². The van der Waals surface area contributed by atoms with Crippen molar-refractivity contribution in [3.05, 3.63) is 0 Å². The van der Waals surface area contributed by atoms with Gasteiger partial charge in [0, 0.05) is 0 Å². The summed E-state index contributed by atoms with van der Waals surface area (Å²) in [7, 11) is 0.750. The van der Waals surface area contributed by atoms with Crippen LogP contribution in [-0.2, 0) is 0 Å². The normalized spacial score (nSPS) is 7.33. The van der Waals surface area contributed by atoms with Crippen molar-refractivity contribution < 1.29 is 69.3 Å². The van der Waals surface area contributed by atoms with E-state index in [1.165, 1.54) is 0 Å². The molecule has 0 amide bonds. The summed E-state index contributed by atoms with van der Waals surface area (Å²) in [6.45, 7) is 4.90. The molecule has 46 valence electrons. The van der Waals surface area contributed by atoms with E-state index in [4.69, 9.17) is 5.11 Å². The van der Waals surface area contributed by atoms with Crippen molar-refractivity contribution in [2.75, 3.05) is 7.11 Å². The molecule has 0 radical (unpaired) electrons. The molecule has 2 nitrogen and oxygen atoms in total. The zero-order valence-electron chi connectivity index (χ0n) is 7.32. The second-order valence-electron chi connectivity index (χ2n) is 2.11. The molecule has 0 atom stereocenters. The van der Waals surface area contributed by atoms with E-state index >= 15 is 0 Å². The van der Waals surface area contributed by atoms with Crippen molar-refractivity contribution in [3.63, 3.8) is 0 Å². The van der Waals surface area contributed by atoms with Crippen LogP contribution >= 0.6 is 0 Å². The fourth-order valence-electron chi connectivity index (χ4n) is 0. The zero-order chi connectivity index (χ0) is 6.50. The third-order valence-corrected chi connectivity index (χ3v) is 0. The Labute approximate surface area is 102 Å². The molecule has 0 spiro atoms. The van der Waals surface area contributed by atoms with Crippen LogP contribution < -0.4 is 69.3 Å². The first kappa shape index (κ1) is 22.4. The minimum Gasteiger partial charge on any atom is -0.857 e. The Balaban J connectivity index is -0.0000000286. The first-order valence-electron chi connectivity index (χ1n) is 2.11. The number of hydrogen-bond acceptors (Lipinski definition) is 2. The summed E-state index contributed by atoms with van der Waals surface area (Å²) in [4.78, 5) is 0. The van der Waals surface area contributed by atoms with Gasteiger partial charge in [-0.25, -0.2) is 0 Å². The quantitative estimate of drug-likeness (QED) is 0.322. The fraction of sp³-hybridized carbons (Fsp3) is 1.00. The molecule has 0 unspecified atom stereocenters. The Morgan fingerprint density at radius 1 is 0.889 bits per heavy atom. The summed E-state index contributed by atoms with van der Waals surface area (Å²) in [5, 5.41) is 18.4. The van der Waals surface area contributed by atoms with Crippen molar-refractivity contribution in [1.82, 2.24) is 0 Å². The summed E-state index contributed by atoms with van der Waals surface area (Å²) < 4.78 is 0. The molecule has 0 heterocycles. The van der Waals surface area contributed by atoms with Gasteiger partial charge in [0.15, 0.2) is 0 Å². The van der Waals surface area contributed by atoms with Crippen LogP contribution in [0.15, 0.2) is 0 Å². The average molecular weight is 150 g/mol. The molecule has 0 fully saturated rings. The van der Waals surface area contributed by atoms with Crippen LogP contribution in [0.5, 0.6) is 0 Å². The molecule has 0 aliphatic carbocycles. The molecule has 0 N–H and O–H groups in total. The molecule has 4 heteroatoms. The molecule has 0 aromatic heterocycles. The molecule has 0 aromatic rings. The van der Waals surface area contributed by atoms with E-state index in [2.05, 4.69) is 0 Å². The van der Waals surface area contributed by atoms with Gasteiger partial charge in [-0.05, 0) is 0 Å². The fourth-order valence-corrected chi connectivity index (χ4v) is 0. The van der Waals surface area contributed by atoms with Gasteiger partial charge in [0.25, 0.3) is 0 Å². The van der Waals surface area contributed by atoms with Gasteiger partial charge in [0.1, 0.15) is 0 Å². The van der Waals surface area contributed by atoms with Gasteiger partial charge >= 0.3 is 59.1 Å². The van der Waals surface area contributed by atoms with Gasteiger partial charge in [-0.2, -0.15) is 7.11 Å². The van der Waals surface area contributed by atoms with Crippen LogP contribution in [-0.4, -0.2) is 12.7 Å². The van der Waals surface area contributed by atoms with E-state index in [-0.39, 0.29) is 59.1 Å².